The van der Waals surface area contributed by atoms with Gasteiger partial charge in [0.25, 0.3) is 0 Å². The van der Waals surface area contributed by atoms with Gasteiger partial charge in [0.2, 0.25) is 0 Å². The molecule has 0 aromatic carbocycles. The summed E-state index contributed by atoms with van der Waals surface area (Å²) in [5.41, 5.74) is 0. The Hall–Kier alpha value is 0.310. The van der Waals surface area contributed by atoms with Crippen LogP contribution >= 0.6 is 11.8 Å². The first kappa shape index (κ1) is 8.89. The van der Waals surface area contributed by atoms with Gasteiger partial charge in [-0.05, 0) is 37.9 Å². The summed E-state index contributed by atoms with van der Waals surface area (Å²) in [6.07, 6.45) is 4.28. The van der Waals surface area contributed by atoms with Gasteiger partial charge in [-0.1, -0.05) is 6.92 Å². The monoisotopic (exact) mass is 185 g/mol. The van der Waals surface area contributed by atoms with Crippen molar-refractivity contribution in [3.05, 3.63) is 0 Å². The molecule has 2 aliphatic rings. The number of hydrogen-bond acceptors (Lipinski definition) is 2. The van der Waals surface area contributed by atoms with Crippen LogP contribution in [0.25, 0.3) is 0 Å². The quantitative estimate of drug-likeness (QED) is 0.672. The Morgan fingerprint density at radius 2 is 1.92 bits per heavy atom. The SMILES string of the molecule is CC1CCSC(C)C(C2CC2)N1. The lowest BCUT2D eigenvalue weighted by atomic mass is 10.1. The van der Waals surface area contributed by atoms with Gasteiger partial charge in [-0.25, -0.2) is 0 Å². The first-order valence-corrected chi connectivity index (χ1v) is 6.20. The minimum absolute atomic E-state index is 0.744. The lowest BCUT2D eigenvalue weighted by Crippen LogP contribution is -2.41. The van der Waals surface area contributed by atoms with E-state index in [4.69, 9.17) is 0 Å². The second-order valence-corrected chi connectivity index (χ2v) is 5.78. The molecule has 1 heterocycles. The highest BCUT2D eigenvalue weighted by atomic mass is 32.2. The summed E-state index contributed by atoms with van der Waals surface area (Å²) in [4.78, 5) is 0. The Bertz CT molecular complexity index is 156. The second-order valence-electron chi connectivity index (χ2n) is 4.30. The van der Waals surface area contributed by atoms with Crippen molar-refractivity contribution in [1.29, 1.82) is 0 Å². The smallest absolute Gasteiger partial charge is 0.0214 e. The van der Waals surface area contributed by atoms with E-state index < -0.39 is 0 Å². The lowest BCUT2D eigenvalue weighted by molar-refractivity contribution is 0.409. The summed E-state index contributed by atoms with van der Waals surface area (Å²) in [5, 5.41) is 4.61. The summed E-state index contributed by atoms with van der Waals surface area (Å²) < 4.78 is 0. The van der Waals surface area contributed by atoms with Crippen molar-refractivity contribution in [1.82, 2.24) is 5.32 Å². The van der Waals surface area contributed by atoms with Crippen molar-refractivity contribution in [2.75, 3.05) is 5.75 Å². The maximum atomic E-state index is 3.77. The lowest BCUT2D eigenvalue weighted by Gasteiger charge is -2.23. The highest BCUT2D eigenvalue weighted by molar-refractivity contribution is 7.99. The molecule has 3 atom stereocenters. The van der Waals surface area contributed by atoms with Crippen LogP contribution in [0.3, 0.4) is 0 Å². The average Bonchev–Trinajstić information content (AvgIpc) is 2.79. The van der Waals surface area contributed by atoms with Gasteiger partial charge in [-0.2, -0.15) is 11.8 Å². The first-order valence-electron chi connectivity index (χ1n) is 5.15. The molecule has 1 aliphatic carbocycles. The minimum atomic E-state index is 0.744. The summed E-state index contributed by atoms with van der Waals surface area (Å²) in [6, 6.07) is 1.56. The zero-order valence-corrected chi connectivity index (χ0v) is 8.86. The maximum absolute atomic E-state index is 3.77. The molecule has 1 nitrogen and oxygen atoms in total. The highest BCUT2D eigenvalue weighted by Gasteiger charge is 2.36. The van der Waals surface area contributed by atoms with Crippen LogP contribution in [0.5, 0.6) is 0 Å². The molecule has 2 rings (SSSR count). The van der Waals surface area contributed by atoms with Gasteiger partial charge in [0.1, 0.15) is 0 Å². The van der Waals surface area contributed by atoms with Crippen molar-refractivity contribution in [2.24, 2.45) is 5.92 Å². The summed E-state index contributed by atoms with van der Waals surface area (Å²) in [6.45, 7) is 4.71. The molecular weight excluding hydrogens is 166 g/mol. The molecule has 3 unspecified atom stereocenters. The third kappa shape index (κ3) is 1.97. The molecule has 12 heavy (non-hydrogen) atoms. The Balaban J connectivity index is 1.96. The molecule has 0 radical (unpaired) electrons. The van der Waals surface area contributed by atoms with Gasteiger partial charge in [0.15, 0.2) is 0 Å². The molecule has 2 fully saturated rings. The van der Waals surface area contributed by atoms with Gasteiger partial charge >= 0.3 is 0 Å². The fraction of sp³-hybridized carbons (Fsp3) is 1.00. The predicted molar refractivity (Wildman–Crippen MR) is 55.6 cm³/mol. The Morgan fingerprint density at radius 1 is 1.17 bits per heavy atom. The molecule has 0 bridgehead atoms. The third-order valence-corrected chi connectivity index (χ3v) is 4.33. The molecule has 1 N–H and O–H groups in total. The van der Waals surface area contributed by atoms with Crippen LogP contribution in [0.2, 0.25) is 0 Å². The van der Waals surface area contributed by atoms with Crippen LogP contribution < -0.4 is 5.32 Å². The third-order valence-electron chi connectivity index (χ3n) is 3.04. The van der Waals surface area contributed by atoms with Crippen molar-refractivity contribution < 1.29 is 0 Å². The van der Waals surface area contributed by atoms with Gasteiger partial charge in [0, 0.05) is 17.3 Å². The van der Waals surface area contributed by atoms with E-state index >= 15 is 0 Å². The molecule has 0 spiro atoms. The van der Waals surface area contributed by atoms with Crippen LogP contribution in [0.15, 0.2) is 0 Å². The van der Waals surface area contributed by atoms with Crippen molar-refractivity contribution in [2.45, 2.75) is 50.4 Å². The van der Waals surface area contributed by atoms with E-state index in [0.717, 1.165) is 23.3 Å². The number of rotatable bonds is 1. The number of nitrogens with one attached hydrogen (secondary N) is 1. The van der Waals surface area contributed by atoms with Crippen molar-refractivity contribution in [3.8, 4) is 0 Å². The van der Waals surface area contributed by atoms with E-state index in [1.807, 2.05) is 0 Å². The standard InChI is InChI=1S/C10H19NS/c1-7-5-6-12-8(2)10(11-7)9-3-4-9/h7-11H,3-6H2,1-2H3. The largest absolute Gasteiger partial charge is 0.310 e. The van der Waals surface area contributed by atoms with Crippen molar-refractivity contribution in [3.63, 3.8) is 0 Å². The molecule has 1 saturated carbocycles. The number of thioether (sulfide) groups is 1. The molecule has 70 valence electrons. The summed E-state index contributed by atoms with van der Waals surface area (Å²) in [7, 11) is 0. The second kappa shape index (κ2) is 3.59. The van der Waals surface area contributed by atoms with Gasteiger partial charge in [-0.15, -0.1) is 0 Å². The molecule has 1 saturated heterocycles. The maximum Gasteiger partial charge on any atom is 0.0214 e. The van der Waals surface area contributed by atoms with E-state index in [1.54, 1.807) is 0 Å². The molecule has 2 heteroatoms. The average molecular weight is 185 g/mol. The number of hydrogen-bond donors (Lipinski definition) is 1. The van der Waals surface area contributed by atoms with E-state index in [1.165, 1.54) is 25.0 Å². The van der Waals surface area contributed by atoms with Crippen LogP contribution in [0.1, 0.15) is 33.1 Å². The Kier molecular flexibility index (Phi) is 2.66. The van der Waals surface area contributed by atoms with Crippen LogP contribution in [0, 0.1) is 5.92 Å². The Morgan fingerprint density at radius 3 is 2.58 bits per heavy atom. The van der Waals surface area contributed by atoms with Gasteiger partial charge < -0.3 is 5.32 Å². The van der Waals surface area contributed by atoms with Crippen LogP contribution in [-0.4, -0.2) is 23.1 Å². The predicted octanol–water partition coefficient (Wildman–Crippen LogP) is 2.27. The van der Waals surface area contributed by atoms with E-state index in [2.05, 4.69) is 30.9 Å². The van der Waals surface area contributed by atoms with E-state index in [0.29, 0.717) is 0 Å². The zero-order valence-electron chi connectivity index (χ0n) is 8.05. The highest BCUT2D eigenvalue weighted by Crippen LogP contribution is 2.38. The van der Waals surface area contributed by atoms with Crippen LogP contribution in [0.4, 0.5) is 0 Å². The molecular formula is C10H19NS. The van der Waals surface area contributed by atoms with E-state index in [-0.39, 0.29) is 0 Å². The van der Waals surface area contributed by atoms with Gasteiger partial charge in [0.05, 0.1) is 0 Å². The first-order chi connectivity index (χ1) is 5.77. The molecule has 1 aliphatic heterocycles. The van der Waals surface area contributed by atoms with Crippen molar-refractivity contribution >= 4 is 11.8 Å². The topological polar surface area (TPSA) is 12.0 Å². The van der Waals surface area contributed by atoms with Gasteiger partial charge in [-0.3, -0.25) is 0 Å². The fourth-order valence-electron chi connectivity index (χ4n) is 2.06. The van der Waals surface area contributed by atoms with E-state index in [9.17, 15) is 0 Å². The summed E-state index contributed by atoms with van der Waals surface area (Å²) in [5.74, 6) is 2.35. The Labute approximate surface area is 79.7 Å². The molecule has 0 aromatic heterocycles. The molecule has 0 aromatic rings. The molecule has 0 amide bonds. The van der Waals surface area contributed by atoms with Crippen LogP contribution in [-0.2, 0) is 0 Å². The zero-order chi connectivity index (χ0) is 8.55. The minimum Gasteiger partial charge on any atom is -0.310 e. The normalized spacial score (nSPS) is 44.0. The summed E-state index contributed by atoms with van der Waals surface area (Å²) >= 11 is 2.16. The fourth-order valence-corrected chi connectivity index (χ4v) is 3.43.